The molecule has 0 saturated carbocycles. The Hall–Kier alpha value is -1.25. The second-order valence-electron chi connectivity index (χ2n) is 3.19. The molecule has 0 aliphatic rings. The molecule has 3 heteroatoms. The molecule has 1 aromatic rings. The maximum absolute atomic E-state index is 10.9. The summed E-state index contributed by atoms with van der Waals surface area (Å²) in [5.41, 5.74) is -0.378. The van der Waals surface area contributed by atoms with Crippen molar-refractivity contribution >= 4 is 0 Å². The molecule has 0 aliphatic carbocycles. The zero-order chi connectivity index (χ0) is 9.14. The third kappa shape index (κ3) is 2.12. The standard InChI is InChI=1S/C9H12O3/c1-6(2)3-7-4-8(10)9(11)5-12-7/h4-6,11H,3H2,1-2H3. The Morgan fingerprint density at radius 2 is 2.25 bits per heavy atom. The highest BCUT2D eigenvalue weighted by Crippen LogP contribution is 2.08. The first-order valence-electron chi connectivity index (χ1n) is 3.90. The lowest BCUT2D eigenvalue weighted by molar-refractivity contribution is 0.402. The Morgan fingerprint density at radius 3 is 2.75 bits per heavy atom. The van der Waals surface area contributed by atoms with Crippen molar-refractivity contribution in [2.24, 2.45) is 5.92 Å². The van der Waals surface area contributed by atoms with Crippen LogP contribution >= 0.6 is 0 Å². The normalized spacial score (nSPS) is 10.6. The molecule has 0 aromatic carbocycles. The van der Waals surface area contributed by atoms with Crippen LogP contribution in [0.5, 0.6) is 5.75 Å². The van der Waals surface area contributed by atoms with Gasteiger partial charge >= 0.3 is 0 Å². The molecule has 0 radical (unpaired) electrons. The van der Waals surface area contributed by atoms with Gasteiger partial charge in [0.1, 0.15) is 12.0 Å². The molecular weight excluding hydrogens is 156 g/mol. The molecule has 0 aliphatic heterocycles. The molecule has 1 N–H and O–H groups in total. The van der Waals surface area contributed by atoms with Crippen LogP contribution in [-0.4, -0.2) is 5.11 Å². The lowest BCUT2D eigenvalue weighted by Gasteiger charge is -2.02. The second-order valence-corrected chi connectivity index (χ2v) is 3.19. The highest BCUT2D eigenvalue weighted by molar-refractivity contribution is 5.15. The Kier molecular flexibility index (Phi) is 2.53. The van der Waals surface area contributed by atoms with Gasteiger partial charge in [-0.2, -0.15) is 0 Å². The predicted molar refractivity (Wildman–Crippen MR) is 45.2 cm³/mol. The molecule has 0 amide bonds. The summed E-state index contributed by atoms with van der Waals surface area (Å²) in [6, 6.07) is 1.33. The third-order valence-corrected chi connectivity index (χ3v) is 1.48. The Morgan fingerprint density at radius 1 is 1.58 bits per heavy atom. The molecule has 12 heavy (non-hydrogen) atoms. The van der Waals surface area contributed by atoms with Crippen LogP contribution in [0.2, 0.25) is 0 Å². The highest BCUT2D eigenvalue weighted by Gasteiger charge is 2.03. The largest absolute Gasteiger partial charge is 0.502 e. The number of hydrogen-bond donors (Lipinski definition) is 1. The van der Waals surface area contributed by atoms with Gasteiger partial charge in [0.25, 0.3) is 0 Å². The first-order valence-corrected chi connectivity index (χ1v) is 3.90. The fourth-order valence-corrected chi connectivity index (χ4v) is 0.953. The molecule has 1 aromatic heterocycles. The van der Waals surface area contributed by atoms with Crippen molar-refractivity contribution in [3.63, 3.8) is 0 Å². The fourth-order valence-electron chi connectivity index (χ4n) is 0.953. The SMILES string of the molecule is CC(C)Cc1cc(=O)c(O)co1. The van der Waals surface area contributed by atoms with Crippen molar-refractivity contribution in [1.29, 1.82) is 0 Å². The maximum Gasteiger partial charge on any atom is 0.226 e. The van der Waals surface area contributed by atoms with Crippen LogP contribution in [0.1, 0.15) is 19.6 Å². The first-order chi connectivity index (χ1) is 5.59. The lowest BCUT2D eigenvalue weighted by Crippen LogP contribution is -2.02. The molecule has 0 bridgehead atoms. The molecular formula is C9H12O3. The summed E-state index contributed by atoms with van der Waals surface area (Å²) in [7, 11) is 0. The summed E-state index contributed by atoms with van der Waals surface area (Å²) in [5.74, 6) is 0.730. The van der Waals surface area contributed by atoms with Crippen molar-refractivity contribution in [3.8, 4) is 5.75 Å². The lowest BCUT2D eigenvalue weighted by atomic mass is 10.1. The van der Waals surface area contributed by atoms with Gasteiger partial charge in [0.05, 0.1) is 0 Å². The van der Waals surface area contributed by atoms with E-state index in [1.807, 2.05) is 13.8 Å². The van der Waals surface area contributed by atoms with Crippen LogP contribution in [-0.2, 0) is 6.42 Å². The molecule has 3 nitrogen and oxygen atoms in total. The highest BCUT2D eigenvalue weighted by atomic mass is 16.3. The van der Waals surface area contributed by atoms with E-state index < -0.39 is 0 Å². The number of aromatic hydroxyl groups is 1. The van der Waals surface area contributed by atoms with E-state index in [0.717, 1.165) is 12.7 Å². The summed E-state index contributed by atoms with van der Waals surface area (Å²) in [5, 5.41) is 8.87. The van der Waals surface area contributed by atoms with Gasteiger partial charge in [-0.3, -0.25) is 4.79 Å². The van der Waals surface area contributed by atoms with E-state index in [4.69, 9.17) is 9.52 Å². The minimum Gasteiger partial charge on any atom is -0.502 e. The first kappa shape index (κ1) is 8.84. The number of hydrogen-bond acceptors (Lipinski definition) is 3. The monoisotopic (exact) mass is 168 g/mol. The van der Waals surface area contributed by atoms with Crippen LogP contribution in [0.25, 0.3) is 0 Å². The predicted octanol–water partition coefficient (Wildman–Crippen LogP) is 1.54. The van der Waals surface area contributed by atoms with Crippen LogP contribution < -0.4 is 5.43 Å². The molecule has 0 saturated heterocycles. The molecule has 0 fully saturated rings. The van der Waals surface area contributed by atoms with Crippen molar-refractivity contribution in [3.05, 3.63) is 28.3 Å². The van der Waals surface area contributed by atoms with Gasteiger partial charge in [-0.05, 0) is 5.92 Å². The molecule has 0 spiro atoms. The van der Waals surface area contributed by atoms with Crippen LogP contribution in [0.3, 0.4) is 0 Å². The Balaban J connectivity index is 2.90. The molecule has 0 unspecified atom stereocenters. The average Bonchev–Trinajstić information content (AvgIpc) is 1.96. The van der Waals surface area contributed by atoms with Crippen molar-refractivity contribution in [2.45, 2.75) is 20.3 Å². The summed E-state index contributed by atoms with van der Waals surface area (Å²) in [4.78, 5) is 10.9. The minimum absolute atomic E-state index is 0.331. The van der Waals surface area contributed by atoms with E-state index >= 15 is 0 Å². The zero-order valence-electron chi connectivity index (χ0n) is 7.20. The van der Waals surface area contributed by atoms with E-state index in [1.165, 1.54) is 6.07 Å². The summed E-state index contributed by atoms with van der Waals surface area (Å²) in [6.45, 7) is 4.07. The molecule has 66 valence electrons. The van der Waals surface area contributed by atoms with Crippen molar-refractivity contribution in [2.75, 3.05) is 0 Å². The zero-order valence-corrected chi connectivity index (χ0v) is 7.20. The van der Waals surface area contributed by atoms with Crippen LogP contribution in [0.15, 0.2) is 21.5 Å². The van der Waals surface area contributed by atoms with Crippen molar-refractivity contribution in [1.82, 2.24) is 0 Å². The smallest absolute Gasteiger partial charge is 0.226 e. The van der Waals surface area contributed by atoms with E-state index in [9.17, 15) is 4.79 Å². The summed E-state index contributed by atoms with van der Waals surface area (Å²) < 4.78 is 5.00. The summed E-state index contributed by atoms with van der Waals surface area (Å²) >= 11 is 0. The van der Waals surface area contributed by atoms with Gasteiger partial charge in [0, 0.05) is 12.5 Å². The molecule has 0 atom stereocenters. The van der Waals surface area contributed by atoms with E-state index in [1.54, 1.807) is 0 Å². The molecule has 1 rings (SSSR count). The second kappa shape index (κ2) is 3.43. The maximum atomic E-state index is 10.9. The van der Waals surface area contributed by atoms with Gasteiger partial charge in [-0.1, -0.05) is 13.8 Å². The summed E-state index contributed by atoms with van der Waals surface area (Å²) in [6.07, 6.45) is 1.80. The topological polar surface area (TPSA) is 50.4 Å². The minimum atomic E-state index is -0.378. The average molecular weight is 168 g/mol. The van der Waals surface area contributed by atoms with E-state index in [2.05, 4.69) is 0 Å². The fraction of sp³-hybridized carbons (Fsp3) is 0.444. The Bertz CT molecular complexity index is 312. The van der Waals surface area contributed by atoms with Crippen molar-refractivity contribution < 1.29 is 9.52 Å². The van der Waals surface area contributed by atoms with Crippen LogP contribution in [0, 0.1) is 5.92 Å². The van der Waals surface area contributed by atoms with Gasteiger partial charge in [-0.15, -0.1) is 0 Å². The Labute approximate surface area is 70.7 Å². The molecule has 1 heterocycles. The van der Waals surface area contributed by atoms with Gasteiger partial charge in [-0.25, -0.2) is 0 Å². The van der Waals surface area contributed by atoms with Gasteiger partial charge in [0.2, 0.25) is 5.43 Å². The van der Waals surface area contributed by atoms with Gasteiger partial charge in [0.15, 0.2) is 5.75 Å². The van der Waals surface area contributed by atoms with Crippen LogP contribution in [0.4, 0.5) is 0 Å². The quantitative estimate of drug-likeness (QED) is 0.728. The van der Waals surface area contributed by atoms with E-state index in [0.29, 0.717) is 11.7 Å². The van der Waals surface area contributed by atoms with E-state index in [-0.39, 0.29) is 11.2 Å². The van der Waals surface area contributed by atoms with Gasteiger partial charge < -0.3 is 9.52 Å². The third-order valence-electron chi connectivity index (χ3n) is 1.48. The number of rotatable bonds is 2.